The minimum absolute atomic E-state index is 0.122. The molecular formula is C14H12F2N2O2. The smallest absolute Gasteiger partial charge is 0.336 e. The van der Waals surface area contributed by atoms with E-state index in [1.807, 2.05) is 0 Å². The van der Waals surface area contributed by atoms with Gasteiger partial charge in [0.25, 0.3) is 5.92 Å². The Bertz CT molecular complexity index is 703. The maximum Gasteiger partial charge on any atom is 0.336 e. The van der Waals surface area contributed by atoms with Crippen molar-refractivity contribution in [1.82, 2.24) is 4.98 Å². The minimum Gasteiger partial charge on any atom is -0.478 e. The molecule has 1 atom stereocenters. The number of benzene rings is 1. The van der Waals surface area contributed by atoms with Crippen molar-refractivity contribution in [3.8, 4) is 0 Å². The van der Waals surface area contributed by atoms with Gasteiger partial charge in [-0.15, -0.1) is 0 Å². The summed E-state index contributed by atoms with van der Waals surface area (Å²) in [5, 5.41) is 9.62. The van der Waals surface area contributed by atoms with E-state index in [2.05, 4.69) is 4.98 Å². The summed E-state index contributed by atoms with van der Waals surface area (Å²) in [6.07, 6.45) is 1.42. The zero-order chi connectivity index (χ0) is 14.5. The summed E-state index contributed by atoms with van der Waals surface area (Å²) < 4.78 is 26.5. The van der Waals surface area contributed by atoms with Gasteiger partial charge < -0.3 is 10.0 Å². The van der Waals surface area contributed by atoms with E-state index in [0.717, 1.165) is 0 Å². The average Bonchev–Trinajstić information content (AvgIpc) is 2.43. The quantitative estimate of drug-likeness (QED) is 0.917. The highest BCUT2D eigenvalue weighted by molar-refractivity contribution is 6.03. The van der Waals surface area contributed by atoms with Crippen LogP contribution in [0.15, 0.2) is 30.5 Å². The molecule has 20 heavy (non-hydrogen) atoms. The van der Waals surface area contributed by atoms with Crippen LogP contribution in [0.2, 0.25) is 0 Å². The van der Waals surface area contributed by atoms with Crippen molar-refractivity contribution in [1.29, 1.82) is 0 Å². The molecule has 1 aliphatic rings. The normalized spacial score (nSPS) is 20.8. The van der Waals surface area contributed by atoms with E-state index in [0.29, 0.717) is 16.6 Å². The van der Waals surface area contributed by atoms with Crippen molar-refractivity contribution >= 4 is 22.6 Å². The highest BCUT2D eigenvalue weighted by Crippen LogP contribution is 2.39. The third kappa shape index (κ3) is 1.79. The number of hydrogen-bond donors (Lipinski definition) is 1. The fraction of sp³-hybridized carbons (Fsp3) is 0.286. The summed E-state index contributed by atoms with van der Waals surface area (Å²) in [6, 6.07) is 5.47. The molecule has 1 aliphatic heterocycles. The van der Waals surface area contributed by atoms with Crippen molar-refractivity contribution in [2.75, 3.05) is 11.4 Å². The monoisotopic (exact) mass is 278 g/mol. The number of rotatable bonds is 2. The van der Waals surface area contributed by atoms with Crippen LogP contribution in [0.3, 0.4) is 0 Å². The van der Waals surface area contributed by atoms with E-state index in [9.17, 15) is 13.6 Å². The number of halogens is 2. The van der Waals surface area contributed by atoms with E-state index in [1.165, 1.54) is 19.2 Å². The standard InChI is InChI=1S/C14H12F2N2O2/c1-8-14(15,16)7-18(8)9-2-3-12-11(6-9)10(13(19)20)4-5-17-12/h2-6,8H,7H2,1H3,(H,19,20). The molecule has 1 unspecified atom stereocenters. The molecule has 4 nitrogen and oxygen atoms in total. The van der Waals surface area contributed by atoms with Crippen LogP contribution in [-0.4, -0.2) is 34.6 Å². The van der Waals surface area contributed by atoms with Crippen molar-refractivity contribution in [2.24, 2.45) is 0 Å². The number of fused-ring (bicyclic) bond motifs is 1. The number of carbonyl (C=O) groups is 1. The van der Waals surface area contributed by atoms with Gasteiger partial charge in [-0.05, 0) is 31.2 Å². The first-order valence-corrected chi connectivity index (χ1v) is 6.17. The lowest BCUT2D eigenvalue weighted by Crippen LogP contribution is -2.63. The lowest BCUT2D eigenvalue weighted by Gasteiger charge is -2.47. The van der Waals surface area contributed by atoms with Crippen LogP contribution >= 0.6 is 0 Å². The Morgan fingerprint density at radius 1 is 1.45 bits per heavy atom. The third-order valence-corrected chi connectivity index (χ3v) is 3.75. The van der Waals surface area contributed by atoms with E-state index >= 15 is 0 Å². The summed E-state index contributed by atoms with van der Waals surface area (Å²) in [6.45, 7) is 1.11. The van der Waals surface area contributed by atoms with Gasteiger partial charge in [-0.1, -0.05) is 0 Å². The predicted octanol–water partition coefficient (Wildman–Crippen LogP) is 2.78. The topological polar surface area (TPSA) is 53.4 Å². The number of nitrogens with zero attached hydrogens (tertiary/aromatic N) is 2. The summed E-state index contributed by atoms with van der Waals surface area (Å²) in [5.41, 5.74) is 1.25. The van der Waals surface area contributed by atoms with E-state index in [-0.39, 0.29) is 12.1 Å². The highest BCUT2D eigenvalue weighted by atomic mass is 19.3. The summed E-state index contributed by atoms with van der Waals surface area (Å²) in [5.74, 6) is -3.75. The molecule has 0 spiro atoms. The van der Waals surface area contributed by atoms with Gasteiger partial charge in [0.2, 0.25) is 0 Å². The molecule has 6 heteroatoms. The molecule has 0 amide bonds. The second kappa shape index (κ2) is 4.13. The van der Waals surface area contributed by atoms with E-state index in [1.54, 1.807) is 23.1 Å². The molecular weight excluding hydrogens is 266 g/mol. The number of pyridine rings is 1. The molecule has 1 aromatic heterocycles. The molecule has 2 heterocycles. The van der Waals surface area contributed by atoms with E-state index in [4.69, 9.17) is 5.11 Å². The van der Waals surface area contributed by atoms with Crippen LogP contribution in [0.25, 0.3) is 10.9 Å². The molecule has 1 saturated heterocycles. The van der Waals surface area contributed by atoms with Gasteiger partial charge in [-0.25, -0.2) is 13.6 Å². The molecule has 3 rings (SSSR count). The zero-order valence-electron chi connectivity index (χ0n) is 10.7. The zero-order valence-corrected chi connectivity index (χ0v) is 10.7. The largest absolute Gasteiger partial charge is 0.478 e. The van der Waals surface area contributed by atoms with Crippen LogP contribution in [0, 0.1) is 0 Å². The number of anilines is 1. The Morgan fingerprint density at radius 3 is 2.80 bits per heavy atom. The number of aromatic nitrogens is 1. The number of carboxylic acids is 1. The SMILES string of the molecule is CC1N(c2ccc3nccc(C(=O)O)c3c2)CC1(F)F. The Hall–Kier alpha value is -2.24. The number of aromatic carboxylic acids is 1. The van der Waals surface area contributed by atoms with Gasteiger partial charge in [0.05, 0.1) is 23.7 Å². The number of alkyl halides is 2. The third-order valence-electron chi connectivity index (χ3n) is 3.75. The molecule has 2 aromatic rings. The Balaban J connectivity index is 2.07. The number of carboxylic acid groups (broad SMARTS) is 1. The second-order valence-corrected chi connectivity index (χ2v) is 4.93. The van der Waals surface area contributed by atoms with Crippen LogP contribution in [0.1, 0.15) is 17.3 Å². The lowest BCUT2D eigenvalue weighted by molar-refractivity contribution is -0.0638. The molecule has 1 fully saturated rings. The number of hydrogen-bond acceptors (Lipinski definition) is 3. The fourth-order valence-electron chi connectivity index (χ4n) is 2.43. The van der Waals surface area contributed by atoms with Gasteiger partial charge in [0, 0.05) is 17.3 Å². The summed E-state index contributed by atoms with van der Waals surface area (Å²) >= 11 is 0. The fourth-order valence-corrected chi connectivity index (χ4v) is 2.43. The molecule has 0 saturated carbocycles. The van der Waals surface area contributed by atoms with Crippen molar-refractivity contribution in [2.45, 2.75) is 18.9 Å². The Labute approximate surface area is 113 Å². The predicted molar refractivity (Wildman–Crippen MR) is 70.5 cm³/mol. The van der Waals surface area contributed by atoms with Crippen LogP contribution in [-0.2, 0) is 0 Å². The molecule has 1 aromatic carbocycles. The van der Waals surface area contributed by atoms with E-state index < -0.39 is 17.9 Å². The summed E-state index contributed by atoms with van der Waals surface area (Å²) in [4.78, 5) is 16.8. The van der Waals surface area contributed by atoms with Crippen LogP contribution < -0.4 is 4.90 Å². The molecule has 1 N–H and O–H groups in total. The average molecular weight is 278 g/mol. The molecule has 0 bridgehead atoms. The Kier molecular flexibility index (Phi) is 2.64. The van der Waals surface area contributed by atoms with Gasteiger partial charge in [0.15, 0.2) is 0 Å². The highest BCUT2D eigenvalue weighted by Gasteiger charge is 2.51. The second-order valence-electron chi connectivity index (χ2n) is 4.93. The molecule has 0 radical (unpaired) electrons. The van der Waals surface area contributed by atoms with Gasteiger partial charge >= 0.3 is 5.97 Å². The van der Waals surface area contributed by atoms with Crippen molar-refractivity contribution in [3.63, 3.8) is 0 Å². The van der Waals surface area contributed by atoms with Crippen LogP contribution in [0.4, 0.5) is 14.5 Å². The van der Waals surface area contributed by atoms with Crippen LogP contribution in [0.5, 0.6) is 0 Å². The first-order chi connectivity index (χ1) is 9.40. The first-order valence-electron chi connectivity index (χ1n) is 6.17. The van der Waals surface area contributed by atoms with Crippen molar-refractivity contribution in [3.05, 3.63) is 36.0 Å². The minimum atomic E-state index is -2.69. The van der Waals surface area contributed by atoms with Gasteiger partial charge in [0.1, 0.15) is 0 Å². The Morgan fingerprint density at radius 2 is 2.20 bits per heavy atom. The van der Waals surface area contributed by atoms with Gasteiger partial charge in [-0.2, -0.15) is 0 Å². The molecule has 0 aliphatic carbocycles. The lowest BCUT2D eigenvalue weighted by atomic mass is 9.98. The molecule has 104 valence electrons. The maximum absolute atomic E-state index is 13.2. The van der Waals surface area contributed by atoms with Crippen molar-refractivity contribution < 1.29 is 18.7 Å². The first kappa shape index (κ1) is 12.8. The summed E-state index contributed by atoms with van der Waals surface area (Å²) in [7, 11) is 0. The van der Waals surface area contributed by atoms with Gasteiger partial charge in [-0.3, -0.25) is 4.98 Å². The maximum atomic E-state index is 13.2.